The fourth-order valence-corrected chi connectivity index (χ4v) is 6.22. The Labute approximate surface area is 296 Å². The number of hydrogen-bond acceptors (Lipinski definition) is 11. The summed E-state index contributed by atoms with van der Waals surface area (Å²) in [6.45, 7) is 3.28. The first-order valence-corrected chi connectivity index (χ1v) is 16.5. The first kappa shape index (κ1) is 35.6. The van der Waals surface area contributed by atoms with Crippen LogP contribution in [-0.4, -0.2) is 77.4 Å². The first-order valence-electron chi connectivity index (χ1n) is 16.5. The highest BCUT2D eigenvalue weighted by Crippen LogP contribution is 2.44. The van der Waals surface area contributed by atoms with E-state index in [1.807, 2.05) is 78.9 Å². The molecule has 1 fully saturated rings. The molecule has 5 atom stereocenters. The lowest BCUT2D eigenvalue weighted by atomic mass is 9.80. The zero-order chi connectivity index (χ0) is 36.1. The molecule has 0 aliphatic carbocycles. The molecule has 1 aromatic heterocycles. The number of carbonyl (C=O) groups excluding carboxylic acids is 1. The van der Waals surface area contributed by atoms with Gasteiger partial charge in [-0.1, -0.05) is 74.4 Å². The number of aromatic nitrogens is 2. The van der Waals surface area contributed by atoms with Crippen molar-refractivity contribution in [3.8, 4) is 23.8 Å². The number of nitrogens with one attached hydrogen (secondary N) is 2. The molecule has 3 aromatic carbocycles. The summed E-state index contributed by atoms with van der Waals surface area (Å²) in [5, 5.41) is 28.2. The normalized spacial score (nSPS) is 21.3. The van der Waals surface area contributed by atoms with Crippen LogP contribution in [0.3, 0.4) is 0 Å². The highest BCUT2D eigenvalue weighted by atomic mass is 16.6. The standard InChI is InChI=1S/C38H41N5O8/c1-6-20-49-32-31(44)29(51-36(32)43-22-39-30-33(43)40-37(42-35(30)46)41-34(45)23(2)3)21-50-38(24-10-8-7-9-11-24,25-12-16-27(47-4)17-13-25)26-14-18-28(48-5)19-15-26/h1,7-19,22-23,29,31-32,35-36,44,46H,20-21H2,2-5H3,(H2,40,41,42,45)/t29?,31-,32-,35?,36?/m1/s1. The summed E-state index contributed by atoms with van der Waals surface area (Å²) in [5.74, 6) is 3.55. The van der Waals surface area contributed by atoms with E-state index in [0.29, 0.717) is 17.3 Å². The van der Waals surface area contributed by atoms with Crippen molar-refractivity contribution in [3.63, 3.8) is 0 Å². The molecule has 0 bridgehead atoms. The molecule has 3 heterocycles. The van der Waals surface area contributed by atoms with Crippen LogP contribution in [0, 0.1) is 18.3 Å². The third-order valence-electron chi connectivity index (χ3n) is 8.90. The van der Waals surface area contributed by atoms with Crippen LogP contribution in [0.2, 0.25) is 0 Å². The maximum atomic E-state index is 12.4. The Morgan fingerprint density at radius 3 is 2.18 bits per heavy atom. The summed E-state index contributed by atoms with van der Waals surface area (Å²) in [5.41, 5.74) is 1.48. The molecule has 1 saturated heterocycles. The van der Waals surface area contributed by atoms with Gasteiger partial charge in [-0.05, 0) is 41.0 Å². The number of aliphatic imine (C=N–C) groups is 1. The van der Waals surface area contributed by atoms with Gasteiger partial charge in [-0.15, -0.1) is 6.42 Å². The summed E-state index contributed by atoms with van der Waals surface area (Å²) < 4.78 is 32.0. The van der Waals surface area contributed by atoms with Gasteiger partial charge in [-0.25, -0.2) is 9.98 Å². The number of hydrogen-bond donors (Lipinski definition) is 4. The molecule has 0 radical (unpaired) electrons. The van der Waals surface area contributed by atoms with Gasteiger partial charge in [0.15, 0.2) is 12.5 Å². The summed E-state index contributed by atoms with van der Waals surface area (Å²) in [7, 11) is 3.21. The number of benzene rings is 3. The second-order valence-corrected chi connectivity index (χ2v) is 12.4. The summed E-state index contributed by atoms with van der Waals surface area (Å²) in [6, 6.07) is 25.0. The van der Waals surface area contributed by atoms with Crippen molar-refractivity contribution in [1.29, 1.82) is 0 Å². The summed E-state index contributed by atoms with van der Waals surface area (Å²) in [6.07, 6.45) is 1.59. The van der Waals surface area contributed by atoms with E-state index < -0.39 is 36.4 Å². The number of aliphatic hydroxyl groups is 2. The Balaban J connectivity index is 1.36. The number of aliphatic hydroxyl groups excluding tert-OH is 2. The molecule has 2 aliphatic heterocycles. The van der Waals surface area contributed by atoms with Gasteiger partial charge in [0.25, 0.3) is 0 Å². The largest absolute Gasteiger partial charge is 0.497 e. The molecule has 1 amide bonds. The average molecular weight is 696 g/mol. The van der Waals surface area contributed by atoms with Crippen molar-refractivity contribution in [3.05, 3.63) is 108 Å². The Morgan fingerprint density at radius 2 is 1.61 bits per heavy atom. The molecule has 6 rings (SSSR count). The fourth-order valence-electron chi connectivity index (χ4n) is 6.22. The van der Waals surface area contributed by atoms with E-state index in [9.17, 15) is 15.0 Å². The van der Waals surface area contributed by atoms with Gasteiger partial charge >= 0.3 is 0 Å². The van der Waals surface area contributed by atoms with E-state index in [4.69, 9.17) is 30.1 Å². The van der Waals surface area contributed by atoms with Gasteiger partial charge in [-0.2, -0.15) is 0 Å². The number of terminal acetylenes is 1. The zero-order valence-corrected chi connectivity index (χ0v) is 28.7. The van der Waals surface area contributed by atoms with E-state index >= 15 is 0 Å². The highest BCUT2D eigenvalue weighted by Gasteiger charge is 2.49. The molecule has 13 nitrogen and oxygen atoms in total. The summed E-state index contributed by atoms with van der Waals surface area (Å²) in [4.78, 5) is 20.9. The van der Waals surface area contributed by atoms with Gasteiger partial charge < -0.3 is 39.2 Å². The second kappa shape index (κ2) is 15.3. The molecule has 3 unspecified atom stereocenters. The lowest BCUT2D eigenvalue weighted by Crippen LogP contribution is -2.41. The Hall–Kier alpha value is -5.23. The number of imidazole rings is 1. The molecule has 51 heavy (non-hydrogen) atoms. The van der Waals surface area contributed by atoms with Crippen molar-refractivity contribution in [2.75, 3.05) is 32.8 Å². The van der Waals surface area contributed by atoms with Crippen LogP contribution in [0.1, 0.15) is 48.7 Å². The fraction of sp³-hybridized carbons (Fsp3) is 0.342. The number of ether oxygens (including phenoxy) is 5. The van der Waals surface area contributed by atoms with Crippen LogP contribution in [0.4, 0.5) is 5.82 Å². The number of rotatable bonds is 12. The number of nitrogens with zero attached hydrogens (tertiary/aromatic N) is 3. The molecule has 0 saturated carbocycles. The van der Waals surface area contributed by atoms with Crippen molar-refractivity contribution in [2.24, 2.45) is 10.9 Å². The van der Waals surface area contributed by atoms with E-state index in [1.165, 1.54) is 6.33 Å². The predicted octanol–water partition coefficient (Wildman–Crippen LogP) is 3.73. The Kier molecular flexibility index (Phi) is 10.7. The zero-order valence-electron chi connectivity index (χ0n) is 28.7. The van der Waals surface area contributed by atoms with Crippen LogP contribution < -0.4 is 20.1 Å². The van der Waals surface area contributed by atoms with Crippen LogP contribution in [0.25, 0.3) is 0 Å². The number of carbonyl (C=O) groups is 1. The first-order chi connectivity index (χ1) is 24.7. The Bertz CT molecular complexity index is 1820. The third-order valence-corrected chi connectivity index (χ3v) is 8.90. The molecular weight excluding hydrogens is 654 g/mol. The van der Waals surface area contributed by atoms with Crippen molar-refractivity contribution < 1.29 is 38.7 Å². The molecular formula is C38H41N5O8. The van der Waals surface area contributed by atoms with Gasteiger partial charge in [0.1, 0.15) is 53.5 Å². The maximum absolute atomic E-state index is 12.4. The molecule has 4 aromatic rings. The average Bonchev–Trinajstić information content (AvgIpc) is 3.72. The van der Waals surface area contributed by atoms with Crippen molar-refractivity contribution >= 4 is 17.7 Å². The van der Waals surface area contributed by atoms with Gasteiger partial charge in [0.2, 0.25) is 11.9 Å². The van der Waals surface area contributed by atoms with Crippen LogP contribution in [0.15, 0.2) is 90.2 Å². The minimum atomic E-state index is -1.36. The van der Waals surface area contributed by atoms with Gasteiger partial charge in [-0.3, -0.25) is 14.7 Å². The third kappa shape index (κ3) is 7.05. The second-order valence-electron chi connectivity index (χ2n) is 12.4. The minimum Gasteiger partial charge on any atom is -0.497 e. The van der Waals surface area contributed by atoms with Crippen molar-refractivity contribution in [1.82, 2.24) is 14.9 Å². The monoisotopic (exact) mass is 695 g/mol. The Morgan fingerprint density at radius 1 is 1.00 bits per heavy atom. The molecule has 4 N–H and O–H groups in total. The number of anilines is 1. The lowest BCUT2D eigenvalue weighted by molar-refractivity contribution is -0.122. The smallest absolute Gasteiger partial charge is 0.229 e. The molecule has 13 heteroatoms. The van der Waals surface area contributed by atoms with Gasteiger partial charge in [0.05, 0.1) is 27.2 Å². The van der Waals surface area contributed by atoms with Crippen LogP contribution >= 0.6 is 0 Å². The van der Waals surface area contributed by atoms with Crippen molar-refractivity contribution in [2.45, 2.75) is 50.2 Å². The number of amides is 1. The van der Waals surface area contributed by atoms with E-state index in [0.717, 1.165) is 16.7 Å². The highest BCUT2D eigenvalue weighted by molar-refractivity contribution is 6.05. The molecule has 0 spiro atoms. The van der Waals surface area contributed by atoms with E-state index in [1.54, 1.807) is 32.6 Å². The predicted molar refractivity (Wildman–Crippen MR) is 188 cm³/mol. The molecule has 266 valence electrons. The summed E-state index contributed by atoms with van der Waals surface area (Å²) >= 11 is 0. The van der Waals surface area contributed by atoms with Gasteiger partial charge in [0, 0.05) is 5.92 Å². The number of methoxy groups -OCH3 is 2. The maximum Gasteiger partial charge on any atom is 0.229 e. The van der Waals surface area contributed by atoms with E-state index in [-0.39, 0.29) is 36.7 Å². The molecule has 2 aliphatic rings. The van der Waals surface area contributed by atoms with Crippen LogP contribution in [-0.2, 0) is 24.6 Å². The number of fused-ring (bicyclic) bond motifs is 1. The lowest BCUT2D eigenvalue weighted by Gasteiger charge is -2.37. The van der Waals surface area contributed by atoms with E-state index in [2.05, 4.69) is 26.5 Å². The topological polar surface area (TPSA) is 158 Å². The minimum absolute atomic E-state index is 0.0431. The van der Waals surface area contributed by atoms with Crippen LogP contribution in [0.5, 0.6) is 11.5 Å². The quantitative estimate of drug-likeness (QED) is 0.127. The number of guanidine groups is 1. The SMILES string of the molecule is C#CCO[C@H]1C(n2cnc3c2NC(NC(=O)C(C)C)=NC3O)OC(COC(c2ccccc2)(c2ccc(OC)cc2)c2ccc(OC)cc2)[C@H]1O.